The second kappa shape index (κ2) is 7.70. The molecule has 0 atom stereocenters. The SMILES string of the molecule is COc1ccc(CCC(=O)OCC(=O)c2ccc3c(c2)OCO3)cc1. The number of benzene rings is 2. The molecule has 0 N–H and O–H groups in total. The van der Waals surface area contributed by atoms with E-state index in [1.807, 2.05) is 24.3 Å². The van der Waals surface area contributed by atoms with Crippen LogP contribution in [0.4, 0.5) is 0 Å². The molecule has 6 nitrogen and oxygen atoms in total. The van der Waals surface area contributed by atoms with Crippen molar-refractivity contribution in [2.24, 2.45) is 0 Å². The molecule has 6 heteroatoms. The van der Waals surface area contributed by atoms with Gasteiger partial charge in [0.05, 0.1) is 7.11 Å². The van der Waals surface area contributed by atoms with Crippen LogP contribution in [0.25, 0.3) is 0 Å². The number of hydrogen-bond donors (Lipinski definition) is 0. The maximum absolute atomic E-state index is 12.1. The zero-order valence-corrected chi connectivity index (χ0v) is 13.8. The smallest absolute Gasteiger partial charge is 0.306 e. The first-order valence-corrected chi connectivity index (χ1v) is 7.87. The van der Waals surface area contributed by atoms with Gasteiger partial charge in [0.2, 0.25) is 6.79 Å². The second-order valence-corrected chi connectivity index (χ2v) is 5.50. The lowest BCUT2D eigenvalue weighted by atomic mass is 10.1. The molecule has 0 bridgehead atoms. The first-order chi connectivity index (χ1) is 12.2. The number of esters is 1. The summed E-state index contributed by atoms with van der Waals surface area (Å²) in [5.41, 5.74) is 1.42. The molecule has 0 radical (unpaired) electrons. The Hall–Kier alpha value is -3.02. The predicted octanol–water partition coefficient (Wildman–Crippen LogP) is 2.78. The third-order valence-corrected chi connectivity index (χ3v) is 3.84. The van der Waals surface area contributed by atoms with E-state index in [4.69, 9.17) is 18.9 Å². The Morgan fingerprint density at radius 2 is 1.80 bits per heavy atom. The van der Waals surface area contributed by atoms with Gasteiger partial charge in [-0.1, -0.05) is 12.1 Å². The number of rotatable bonds is 7. The first-order valence-electron chi connectivity index (χ1n) is 7.87. The molecular weight excluding hydrogens is 324 g/mol. The summed E-state index contributed by atoms with van der Waals surface area (Å²) in [6, 6.07) is 12.3. The molecule has 0 amide bonds. The number of carbonyl (C=O) groups excluding carboxylic acids is 2. The van der Waals surface area contributed by atoms with Crippen molar-refractivity contribution in [1.29, 1.82) is 0 Å². The van der Waals surface area contributed by atoms with Crippen molar-refractivity contribution < 1.29 is 28.5 Å². The van der Waals surface area contributed by atoms with E-state index in [9.17, 15) is 9.59 Å². The summed E-state index contributed by atoms with van der Waals surface area (Å²) < 4.78 is 20.6. The van der Waals surface area contributed by atoms with E-state index in [1.165, 1.54) is 0 Å². The first kappa shape index (κ1) is 16.8. The van der Waals surface area contributed by atoms with E-state index in [1.54, 1.807) is 25.3 Å². The molecule has 1 aliphatic rings. The van der Waals surface area contributed by atoms with Gasteiger partial charge in [0, 0.05) is 12.0 Å². The molecule has 1 heterocycles. The van der Waals surface area contributed by atoms with E-state index >= 15 is 0 Å². The fourth-order valence-corrected chi connectivity index (χ4v) is 2.41. The monoisotopic (exact) mass is 342 g/mol. The van der Waals surface area contributed by atoms with Gasteiger partial charge in [-0.2, -0.15) is 0 Å². The fraction of sp³-hybridized carbons (Fsp3) is 0.263. The Bertz CT molecular complexity index is 766. The lowest BCUT2D eigenvalue weighted by Gasteiger charge is -2.06. The molecule has 25 heavy (non-hydrogen) atoms. The fourth-order valence-electron chi connectivity index (χ4n) is 2.41. The summed E-state index contributed by atoms with van der Waals surface area (Å²) in [4.78, 5) is 23.9. The summed E-state index contributed by atoms with van der Waals surface area (Å²) in [7, 11) is 1.60. The van der Waals surface area contributed by atoms with Crippen LogP contribution in [0.15, 0.2) is 42.5 Å². The molecule has 2 aromatic carbocycles. The van der Waals surface area contributed by atoms with Gasteiger partial charge in [-0.3, -0.25) is 9.59 Å². The predicted molar refractivity (Wildman–Crippen MR) is 89.2 cm³/mol. The van der Waals surface area contributed by atoms with E-state index < -0.39 is 5.97 Å². The van der Waals surface area contributed by atoms with Gasteiger partial charge in [-0.15, -0.1) is 0 Å². The zero-order valence-electron chi connectivity index (χ0n) is 13.8. The highest BCUT2D eigenvalue weighted by atomic mass is 16.7. The lowest BCUT2D eigenvalue weighted by molar-refractivity contribution is -0.142. The zero-order chi connectivity index (χ0) is 17.6. The van der Waals surface area contributed by atoms with Crippen molar-refractivity contribution in [2.45, 2.75) is 12.8 Å². The van der Waals surface area contributed by atoms with Gasteiger partial charge in [0.25, 0.3) is 0 Å². The minimum atomic E-state index is -0.412. The van der Waals surface area contributed by atoms with Crippen LogP contribution in [0.5, 0.6) is 17.2 Å². The molecule has 1 aliphatic heterocycles. The lowest BCUT2D eigenvalue weighted by Crippen LogP contribution is -2.14. The number of methoxy groups -OCH3 is 1. The third-order valence-electron chi connectivity index (χ3n) is 3.84. The van der Waals surface area contributed by atoms with Crippen LogP contribution >= 0.6 is 0 Å². The summed E-state index contributed by atoms with van der Waals surface area (Å²) in [6.07, 6.45) is 0.752. The highest BCUT2D eigenvalue weighted by Crippen LogP contribution is 2.32. The van der Waals surface area contributed by atoms with Crippen molar-refractivity contribution in [1.82, 2.24) is 0 Å². The molecular formula is C19H18O6. The van der Waals surface area contributed by atoms with Crippen LogP contribution in [0.2, 0.25) is 0 Å². The van der Waals surface area contributed by atoms with Gasteiger partial charge >= 0.3 is 5.97 Å². The molecule has 2 aromatic rings. The van der Waals surface area contributed by atoms with Crippen LogP contribution in [0.1, 0.15) is 22.3 Å². The normalized spacial score (nSPS) is 11.9. The summed E-state index contributed by atoms with van der Waals surface area (Å²) in [5.74, 6) is 1.20. The Kier molecular flexibility index (Phi) is 5.18. The summed E-state index contributed by atoms with van der Waals surface area (Å²) >= 11 is 0. The number of ether oxygens (including phenoxy) is 4. The number of hydrogen-bond acceptors (Lipinski definition) is 6. The van der Waals surface area contributed by atoms with Crippen molar-refractivity contribution >= 4 is 11.8 Å². The molecule has 0 saturated heterocycles. The average molecular weight is 342 g/mol. The number of aryl methyl sites for hydroxylation is 1. The highest BCUT2D eigenvalue weighted by molar-refractivity contribution is 5.98. The molecule has 0 unspecified atom stereocenters. The highest BCUT2D eigenvalue weighted by Gasteiger charge is 2.17. The summed E-state index contributed by atoms with van der Waals surface area (Å²) in [6.45, 7) is -0.144. The molecule has 130 valence electrons. The van der Waals surface area contributed by atoms with Crippen LogP contribution < -0.4 is 14.2 Å². The van der Waals surface area contributed by atoms with Gasteiger partial charge in [-0.05, 0) is 42.3 Å². The van der Waals surface area contributed by atoms with Crippen LogP contribution in [-0.4, -0.2) is 32.3 Å². The molecule has 0 fully saturated rings. The maximum Gasteiger partial charge on any atom is 0.306 e. The van der Waals surface area contributed by atoms with Crippen molar-refractivity contribution in [3.05, 3.63) is 53.6 Å². The molecule has 0 saturated carbocycles. The van der Waals surface area contributed by atoms with Crippen LogP contribution in [0, 0.1) is 0 Å². The Morgan fingerprint density at radius 1 is 1.04 bits per heavy atom. The molecule has 3 rings (SSSR count). The number of carbonyl (C=O) groups is 2. The molecule has 0 aromatic heterocycles. The second-order valence-electron chi connectivity index (χ2n) is 5.50. The number of fused-ring (bicyclic) bond motifs is 1. The van der Waals surface area contributed by atoms with Crippen molar-refractivity contribution in [3.8, 4) is 17.2 Å². The van der Waals surface area contributed by atoms with Crippen LogP contribution in [0.3, 0.4) is 0 Å². The maximum atomic E-state index is 12.1. The molecule has 0 aliphatic carbocycles. The summed E-state index contributed by atoms with van der Waals surface area (Å²) in [5, 5.41) is 0. The Morgan fingerprint density at radius 3 is 2.56 bits per heavy atom. The van der Waals surface area contributed by atoms with E-state index in [-0.39, 0.29) is 25.6 Å². The van der Waals surface area contributed by atoms with E-state index in [0.29, 0.717) is 23.5 Å². The van der Waals surface area contributed by atoms with Gasteiger partial charge in [0.1, 0.15) is 5.75 Å². The number of ketones is 1. The van der Waals surface area contributed by atoms with Gasteiger partial charge < -0.3 is 18.9 Å². The minimum Gasteiger partial charge on any atom is -0.497 e. The molecule has 0 spiro atoms. The average Bonchev–Trinajstić information content (AvgIpc) is 3.12. The van der Waals surface area contributed by atoms with E-state index in [2.05, 4.69) is 0 Å². The standard InChI is InChI=1S/C19H18O6/c1-22-15-6-2-13(3-7-15)4-9-19(21)23-11-16(20)14-5-8-17-18(10-14)25-12-24-17/h2-3,5-8,10H,4,9,11-12H2,1H3. The van der Waals surface area contributed by atoms with Crippen LogP contribution in [-0.2, 0) is 16.0 Å². The Balaban J connectivity index is 1.46. The minimum absolute atomic E-state index is 0.146. The van der Waals surface area contributed by atoms with Gasteiger partial charge in [0.15, 0.2) is 23.9 Å². The number of Topliss-reactive ketones (excluding diaryl/α,β-unsaturated/α-hetero) is 1. The Labute approximate surface area is 145 Å². The van der Waals surface area contributed by atoms with Gasteiger partial charge in [-0.25, -0.2) is 0 Å². The van der Waals surface area contributed by atoms with E-state index in [0.717, 1.165) is 11.3 Å². The third kappa shape index (κ3) is 4.29. The topological polar surface area (TPSA) is 71.1 Å². The largest absolute Gasteiger partial charge is 0.497 e. The quantitative estimate of drug-likeness (QED) is 0.569. The van der Waals surface area contributed by atoms with Crippen molar-refractivity contribution in [2.75, 3.05) is 20.5 Å². The van der Waals surface area contributed by atoms with Crippen molar-refractivity contribution in [3.63, 3.8) is 0 Å².